The number of hydrogen-bond donors (Lipinski definition) is 1. The monoisotopic (exact) mass is 439 g/mol. The number of hydrogen-bond acceptors (Lipinski definition) is 5. The zero-order valence-electron chi connectivity index (χ0n) is 17.3. The third kappa shape index (κ3) is 6.33. The number of piperazine rings is 1. The Morgan fingerprint density at radius 3 is 2.81 bits per heavy atom. The highest BCUT2D eigenvalue weighted by Crippen LogP contribution is 2.18. The summed E-state index contributed by atoms with van der Waals surface area (Å²) in [5, 5.41) is 7.26. The Balaban J connectivity index is 1.65. The highest BCUT2D eigenvalue weighted by molar-refractivity contribution is 5.98. The molecule has 168 valence electrons. The van der Waals surface area contributed by atoms with Crippen LogP contribution in [0, 0.1) is 0 Å². The number of aliphatic imine (C=N–C) groups is 1. The van der Waals surface area contributed by atoms with Gasteiger partial charge in [-0.2, -0.15) is 18.3 Å². The first-order valence-corrected chi connectivity index (χ1v) is 9.72. The summed E-state index contributed by atoms with van der Waals surface area (Å²) in [7, 11) is 1.79. The summed E-state index contributed by atoms with van der Waals surface area (Å²) < 4.78 is 43.3. The van der Waals surface area contributed by atoms with Crippen LogP contribution in [0.25, 0.3) is 0 Å². The quantitative estimate of drug-likeness (QED) is 0.543. The predicted octanol–water partition coefficient (Wildman–Crippen LogP) is 1.57. The Morgan fingerprint density at radius 2 is 2.16 bits per heavy atom. The minimum atomic E-state index is -4.43. The van der Waals surface area contributed by atoms with Gasteiger partial charge in [0.25, 0.3) is 0 Å². The molecular formula is C19H24F3N7O2. The topological polar surface area (TPSA) is 87.9 Å². The van der Waals surface area contributed by atoms with E-state index in [0.717, 1.165) is 5.69 Å². The van der Waals surface area contributed by atoms with E-state index in [0.29, 0.717) is 31.2 Å². The number of amides is 1. The van der Waals surface area contributed by atoms with Crippen LogP contribution in [0.3, 0.4) is 0 Å². The fourth-order valence-corrected chi connectivity index (χ4v) is 3.05. The fourth-order valence-electron chi connectivity index (χ4n) is 3.05. The Kier molecular flexibility index (Phi) is 6.98. The molecule has 0 spiro atoms. The van der Waals surface area contributed by atoms with Gasteiger partial charge in [-0.25, -0.2) is 9.98 Å². The van der Waals surface area contributed by atoms with Crippen LogP contribution in [0.4, 0.5) is 18.9 Å². The Morgan fingerprint density at radius 1 is 1.35 bits per heavy atom. The summed E-state index contributed by atoms with van der Waals surface area (Å²) in [5.41, 5.74) is 1.39. The number of guanidine groups is 1. The summed E-state index contributed by atoms with van der Waals surface area (Å²) in [5.74, 6) is 0.364. The first kappa shape index (κ1) is 22.4. The molecule has 2 aromatic heterocycles. The van der Waals surface area contributed by atoms with Crippen LogP contribution in [0.2, 0.25) is 0 Å². The lowest BCUT2D eigenvalue weighted by molar-refractivity contribution is -0.154. The van der Waals surface area contributed by atoms with E-state index in [4.69, 9.17) is 0 Å². The van der Waals surface area contributed by atoms with Gasteiger partial charge in [0.2, 0.25) is 11.8 Å². The standard InChI is InChI=1S/C19H24F3N7O2/c1-3-23-18(25-9-14-4-5-24-16(8-14)31-13-19(20,21)22)28-6-7-29(17(30)12-28)15-10-26-27(2)11-15/h4-5,8,10-11H,3,6-7,9,12-13H2,1-2H3,(H,23,25). The van der Waals surface area contributed by atoms with E-state index >= 15 is 0 Å². The van der Waals surface area contributed by atoms with Gasteiger partial charge in [0, 0.05) is 45.1 Å². The molecule has 0 saturated carbocycles. The lowest BCUT2D eigenvalue weighted by Gasteiger charge is -2.35. The van der Waals surface area contributed by atoms with Crippen LogP contribution in [0.5, 0.6) is 5.88 Å². The number of aromatic nitrogens is 3. The normalized spacial score (nSPS) is 15.4. The first-order valence-electron chi connectivity index (χ1n) is 9.72. The second-order valence-electron chi connectivity index (χ2n) is 6.92. The van der Waals surface area contributed by atoms with Crippen LogP contribution in [-0.4, -0.2) is 70.5 Å². The molecule has 1 saturated heterocycles. The van der Waals surface area contributed by atoms with Crippen LogP contribution < -0.4 is 15.0 Å². The molecule has 3 heterocycles. The van der Waals surface area contributed by atoms with Crippen molar-refractivity contribution < 1.29 is 22.7 Å². The van der Waals surface area contributed by atoms with Gasteiger partial charge in [-0.15, -0.1) is 0 Å². The van der Waals surface area contributed by atoms with Crippen molar-refractivity contribution in [2.75, 3.05) is 37.7 Å². The van der Waals surface area contributed by atoms with E-state index in [1.54, 1.807) is 35.1 Å². The SMILES string of the molecule is CCNC(=NCc1ccnc(OCC(F)(F)F)c1)N1CCN(c2cnn(C)c2)C(=O)C1. The molecule has 1 N–H and O–H groups in total. The zero-order valence-corrected chi connectivity index (χ0v) is 17.3. The number of nitrogens with zero attached hydrogens (tertiary/aromatic N) is 6. The van der Waals surface area contributed by atoms with E-state index < -0.39 is 12.8 Å². The summed E-state index contributed by atoms with van der Waals surface area (Å²) in [6.45, 7) is 2.52. The molecule has 1 amide bonds. The molecule has 9 nitrogen and oxygen atoms in total. The number of rotatable bonds is 6. The van der Waals surface area contributed by atoms with Gasteiger partial charge < -0.3 is 19.9 Å². The van der Waals surface area contributed by atoms with Crippen molar-refractivity contribution in [1.82, 2.24) is 25.0 Å². The van der Waals surface area contributed by atoms with Crippen molar-refractivity contribution in [2.24, 2.45) is 12.0 Å². The van der Waals surface area contributed by atoms with Crippen molar-refractivity contribution in [1.29, 1.82) is 0 Å². The average Bonchev–Trinajstić information content (AvgIpc) is 3.15. The lowest BCUT2D eigenvalue weighted by atomic mass is 10.2. The summed E-state index contributed by atoms with van der Waals surface area (Å²) >= 11 is 0. The summed E-state index contributed by atoms with van der Waals surface area (Å²) in [6, 6.07) is 3.07. The molecular weight excluding hydrogens is 415 g/mol. The van der Waals surface area contributed by atoms with Crippen molar-refractivity contribution in [2.45, 2.75) is 19.6 Å². The fraction of sp³-hybridized carbons (Fsp3) is 0.474. The average molecular weight is 439 g/mol. The Labute approximate surface area is 177 Å². The number of anilines is 1. The van der Waals surface area contributed by atoms with Gasteiger partial charge in [0.15, 0.2) is 12.6 Å². The van der Waals surface area contributed by atoms with Crippen molar-refractivity contribution in [3.05, 3.63) is 36.3 Å². The number of halogens is 3. The minimum Gasteiger partial charge on any atom is -0.468 e. The summed E-state index contributed by atoms with van der Waals surface area (Å²) in [4.78, 5) is 24.5. The zero-order chi connectivity index (χ0) is 22.4. The highest BCUT2D eigenvalue weighted by atomic mass is 19.4. The van der Waals surface area contributed by atoms with Crippen molar-refractivity contribution in [3.63, 3.8) is 0 Å². The molecule has 0 bridgehead atoms. The third-order valence-corrected chi connectivity index (χ3v) is 4.45. The number of carbonyl (C=O) groups is 1. The Hall–Kier alpha value is -3.31. The van der Waals surface area contributed by atoms with E-state index in [1.807, 2.05) is 11.8 Å². The summed E-state index contributed by atoms with van der Waals surface area (Å²) in [6.07, 6.45) is 0.377. The molecule has 3 rings (SSSR count). The van der Waals surface area contributed by atoms with E-state index in [-0.39, 0.29) is 24.9 Å². The molecule has 12 heteroatoms. The molecule has 0 aliphatic carbocycles. The number of carbonyl (C=O) groups excluding carboxylic acids is 1. The maximum atomic E-state index is 12.6. The van der Waals surface area contributed by atoms with E-state index in [9.17, 15) is 18.0 Å². The molecule has 0 radical (unpaired) electrons. The number of ether oxygens (including phenoxy) is 1. The number of nitrogens with one attached hydrogen (secondary N) is 1. The van der Waals surface area contributed by atoms with Crippen LogP contribution >= 0.6 is 0 Å². The maximum Gasteiger partial charge on any atom is 0.422 e. The largest absolute Gasteiger partial charge is 0.468 e. The Bertz CT molecular complexity index is 929. The van der Waals surface area contributed by atoms with Crippen LogP contribution in [-0.2, 0) is 18.4 Å². The first-order chi connectivity index (χ1) is 14.7. The van der Waals surface area contributed by atoms with Gasteiger partial charge in [0.1, 0.15) is 6.54 Å². The van der Waals surface area contributed by atoms with Crippen LogP contribution in [0.15, 0.2) is 35.7 Å². The lowest BCUT2D eigenvalue weighted by Crippen LogP contribution is -2.55. The smallest absolute Gasteiger partial charge is 0.422 e. The number of aryl methyl sites for hydroxylation is 1. The molecule has 0 aromatic carbocycles. The van der Waals surface area contributed by atoms with Gasteiger partial charge in [0.05, 0.1) is 18.4 Å². The van der Waals surface area contributed by atoms with Crippen molar-refractivity contribution in [3.8, 4) is 5.88 Å². The molecule has 31 heavy (non-hydrogen) atoms. The predicted molar refractivity (Wildman–Crippen MR) is 108 cm³/mol. The molecule has 2 aromatic rings. The number of pyridine rings is 1. The highest BCUT2D eigenvalue weighted by Gasteiger charge is 2.29. The van der Waals surface area contributed by atoms with E-state index in [2.05, 4.69) is 25.1 Å². The second-order valence-corrected chi connectivity index (χ2v) is 6.92. The molecule has 0 unspecified atom stereocenters. The van der Waals surface area contributed by atoms with E-state index in [1.165, 1.54) is 12.3 Å². The van der Waals surface area contributed by atoms with Gasteiger partial charge in [-0.1, -0.05) is 0 Å². The van der Waals surface area contributed by atoms with Crippen molar-refractivity contribution >= 4 is 17.6 Å². The van der Waals surface area contributed by atoms with Gasteiger partial charge in [-0.05, 0) is 18.6 Å². The van der Waals surface area contributed by atoms with Gasteiger partial charge in [-0.3, -0.25) is 9.48 Å². The second kappa shape index (κ2) is 9.67. The van der Waals surface area contributed by atoms with Crippen LogP contribution in [0.1, 0.15) is 12.5 Å². The maximum absolute atomic E-state index is 12.6. The molecule has 1 fully saturated rings. The molecule has 0 atom stereocenters. The molecule has 1 aliphatic rings. The van der Waals surface area contributed by atoms with Gasteiger partial charge >= 0.3 is 6.18 Å². The third-order valence-electron chi connectivity index (χ3n) is 4.45. The number of alkyl halides is 3. The molecule has 1 aliphatic heterocycles. The minimum absolute atomic E-state index is 0.0726.